The summed E-state index contributed by atoms with van der Waals surface area (Å²) >= 11 is 0. The summed E-state index contributed by atoms with van der Waals surface area (Å²) in [7, 11) is 0. The molecule has 62 heavy (non-hydrogen) atoms. The topological polar surface area (TPSA) is 21.3 Å². The van der Waals surface area contributed by atoms with Crippen molar-refractivity contribution in [2.75, 3.05) is 4.90 Å². The van der Waals surface area contributed by atoms with Gasteiger partial charge in [-0.15, -0.1) is 0 Å². The number of furan rings is 1. The Kier molecular flexibility index (Phi) is 8.81. The molecule has 5 aliphatic carbocycles. The zero-order chi connectivity index (χ0) is 41.0. The zero-order valence-corrected chi connectivity index (χ0v) is 34.6. The average Bonchev–Trinajstić information content (AvgIpc) is 4.05. The SMILES string of the molecule is C1=CCC=CC(c2ccc(N(c3ccc(-c4ccccc4)cc3)c3cc4c5ccccc5oc4c4c3c3c(n4C4=CC=C(C56CC=CC=CC5C6)C=CC4)CC=CC=C3)cc2)=C1. The quantitative estimate of drug-likeness (QED) is 0.160. The van der Waals surface area contributed by atoms with E-state index in [9.17, 15) is 0 Å². The van der Waals surface area contributed by atoms with Crippen molar-refractivity contribution in [2.24, 2.45) is 11.3 Å². The van der Waals surface area contributed by atoms with Crippen LogP contribution in [0.1, 0.15) is 42.5 Å². The molecule has 3 heteroatoms. The number of anilines is 3. The smallest absolute Gasteiger partial charge is 0.160 e. The number of para-hydroxylation sites is 1. The lowest BCUT2D eigenvalue weighted by Gasteiger charge is -2.27. The van der Waals surface area contributed by atoms with Gasteiger partial charge in [0, 0.05) is 62.7 Å². The molecule has 0 aliphatic heterocycles. The van der Waals surface area contributed by atoms with Crippen LogP contribution in [0.15, 0.2) is 216 Å². The summed E-state index contributed by atoms with van der Waals surface area (Å²) in [6.45, 7) is 0. The Bertz CT molecular complexity index is 3240. The van der Waals surface area contributed by atoms with Crippen LogP contribution >= 0.6 is 0 Å². The van der Waals surface area contributed by atoms with Gasteiger partial charge >= 0.3 is 0 Å². The standard InChI is InChI=1S/C59H46N2O/c1-2-7-18-41(17-6-1)43-28-33-48(34-29-43)60(49-35-30-44(31-36-49)42-19-8-3-9-20-42)54-39-52-50-24-13-14-27-55(50)62-58(52)57-56(54)51-25-11-4-12-26-53(51)61(57)47-23-16-22-45(32-37-47)59-38-15-5-10-21-46(59)40-59/h1,3-22,24-25,27-37,39,46H,2,23,26,38,40H2. The minimum atomic E-state index is 0.193. The number of hydrogen-bond donors (Lipinski definition) is 0. The van der Waals surface area contributed by atoms with Crippen molar-refractivity contribution in [2.45, 2.75) is 32.1 Å². The second-order valence-electron chi connectivity index (χ2n) is 17.1. The average molecular weight is 799 g/mol. The third kappa shape index (κ3) is 6.10. The van der Waals surface area contributed by atoms with Crippen LogP contribution < -0.4 is 4.90 Å². The lowest BCUT2D eigenvalue weighted by Crippen LogP contribution is -2.11. The molecule has 2 heterocycles. The second kappa shape index (κ2) is 15.0. The highest BCUT2D eigenvalue weighted by atomic mass is 16.3. The molecule has 12 rings (SSSR count). The summed E-state index contributed by atoms with van der Waals surface area (Å²) in [6, 6.07) is 39.7. The molecule has 298 valence electrons. The fourth-order valence-electron chi connectivity index (χ4n) is 10.4. The molecule has 0 saturated heterocycles. The first-order chi connectivity index (χ1) is 30.7. The summed E-state index contributed by atoms with van der Waals surface area (Å²) in [5.74, 6) is 0.596. The maximum atomic E-state index is 7.02. The van der Waals surface area contributed by atoms with Crippen molar-refractivity contribution in [1.29, 1.82) is 0 Å². The van der Waals surface area contributed by atoms with Crippen LogP contribution in [0.2, 0.25) is 0 Å². The molecule has 1 saturated carbocycles. The van der Waals surface area contributed by atoms with Gasteiger partial charge in [0.05, 0.1) is 11.2 Å². The molecule has 0 radical (unpaired) electrons. The van der Waals surface area contributed by atoms with E-state index in [1.807, 2.05) is 0 Å². The zero-order valence-electron chi connectivity index (χ0n) is 34.6. The first-order valence-corrected chi connectivity index (χ1v) is 22.1. The largest absolute Gasteiger partial charge is 0.454 e. The maximum absolute atomic E-state index is 7.02. The highest BCUT2D eigenvalue weighted by Gasteiger charge is 2.53. The lowest BCUT2D eigenvalue weighted by molar-refractivity contribution is 0.599. The minimum absolute atomic E-state index is 0.193. The summed E-state index contributed by atoms with van der Waals surface area (Å²) in [6.07, 6.45) is 43.7. The molecule has 2 unspecified atom stereocenters. The van der Waals surface area contributed by atoms with Gasteiger partial charge < -0.3 is 13.9 Å². The van der Waals surface area contributed by atoms with Gasteiger partial charge in [0.2, 0.25) is 0 Å². The van der Waals surface area contributed by atoms with Crippen LogP contribution in [0.25, 0.3) is 61.3 Å². The van der Waals surface area contributed by atoms with E-state index in [-0.39, 0.29) is 5.41 Å². The van der Waals surface area contributed by atoms with E-state index in [1.165, 1.54) is 56.6 Å². The molecule has 0 amide bonds. The molecule has 2 atom stereocenters. The van der Waals surface area contributed by atoms with Crippen molar-refractivity contribution in [3.05, 3.63) is 229 Å². The van der Waals surface area contributed by atoms with Gasteiger partial charge in [-0.1, -0.05) is 170 Å². The molecule has 7 aromatic rings. The Hall–Kier alpha value is -7.36. The number of aromatic nitrogens is 1. The second-order valence-corrected chi connectivity index (χ2v) is 17.1. The molecule has 5 aromatic carbocycles. The van der Waals surface area contributed by atoms with Crippen LogP contribution in [-0.2, 0) is 6.42 Å². The van der Waals surface area contributed by atoms with Crippen LogP contribution in [0, 0.1) is 11.3 Å². The van der Waals surface area contributed by atoms with Gasteiger partial charge in [0.1, 0.15) is 5.58 Å². The predicted molar refractivity (Wildman–Crippen MR) is 262 cm³/mol. The Morgan fingerprint density at radius 3 is 2.27 bits per heavy atom. The molecule has 0 N–H and O–H groups in total. The van der Waals surface area contributed by atoms with Gasteiger partial charge in [-0.05, 0) is 95.5 Å². The molecule has 3 nitrogen and oxygen atoms in total. The van der Waals surface area contributed by atoms with Crippen LogP contribution in [0.3, 0.4) is 0 Å². The van der Waals surface area contributed by atoms with Gasteiger partial charge in [-0.3, -0.25) is 0 Å². The van der Waals surface area contributed by atoms with Crippen LogP contribution in [-0.4, -0.2) is 4.57 Å². The molecule has 2 aromatic heterocycles. The predicted octanol–water partition coefficient (Wildman–Crippen LogP) is 16.0. The lowest BCUT2D eigenvalue weighted by atomic mass is 9.89. The molecule has 5 aliphatic rings. The van der Waals surface area contributed by atoms with Gasteiger partial charge in [-0.2, -0.15) is 0 Å². The van der Waals surface area contributed by atoms with Gasteiger partial charge in [0.25, 0.3) is 0 Å². The van der Waals surface area contributed by atoms with Crippen molar-refractivity contribution in [3.8, 4) is 11.1 Å². The number of nitrogens with zero attached hydrogens (tertiary/aromatic N) is 2. The Morgan fingerprint density at radius 2 is 1.40 bits per heavy atom. The van der Waals surface area contributed by atoms with Crippen molar-refractivity contribution in [3.63, 3.8) is 0 Å². The molecular weight excluding hydrogens is 753 g/mol. The Morgan fingerprint density at radius 1 is 0.613 bits per heavy atom. The van der Waals surface area contributed by atoms with Crippen molar-refractivity contribution >= 4 is 67.2 Å². The van der Waals surface area contributed by atoms with Crippen LogP contribution in [0.4, 0.5) is 17.1 Å². The van der Waals surface area contributed by atoms with Gasteiger partial charge in [-0.25, -0.2) is 0 Å². The molecule has 0 bridgehead atoms. The van der Waals surface area contributed by atoms with E-state index in [1.54, 1.807) is 0 Å². The van der Waals surface area contributed by atoms with Gasteiger partial charge in [0.15, 0.2) is 5.58 Å². The highest BCUT2D eigenvalue weighted by molar-refractivity contribution is 6.21. The fourth-order valence-corrected chi connectivity index (χ4v) is 10.4. The van der Waals surface area contributed by atoms with Crippen molar-refractivity contribution < 1.29 is 4.42 Å². The minimum Gasteiger partial charge on any atom is -0.454 e. The van der Waals surface area contributed by atoms with E-state index >= 15 is 0 Å². The Labute approximate surface area is 363 Å². The van der Waals surface area contributed by atoms with E-state index in [0.29, 0.717) is 5.92 Å². The highest BCUT2D eigenvalue weighted by Crippen LogP contribution is 2.62. The first-order valence-electron chi connectivity index (χ1n) is 22.1. The maximum Gasteiger partial charge on any atom is 0.160 e. The number of hydrogen-bond acceptors (Lipinski definition) is 2. The summed E-state index contributed by atoms with van der Waals surface area (Å²) in [5.41, 5.74) is 16.4. The number of benzene rings is 5. The molecule has 0 spiro atoms. The van der Waals surface area contributed by atoms with Crippen molar-refractivity contribution in [1.82, 2.24) is 4.57 Å². The van der Waals surface area contributed by atoms with E-state index in [2.05, 4.69) is 222 Å². The summed E-state index contributed by atoms with van der Waals surface area (Å²) in [4.78, 5) is 2.47. The third-order valence-corrected chi connectivity index (χ3v) is 13.6. The number of fused-ring (bicyclic) bond motifs is 8. The van der Waals surface area contributed by atoms with E-state index in [4.69, 9.17) is 4.42 Å². The number of allylic oxidation sites excluding steroid dienone is 19. The molecule has 1 fully saturated rings. The van der Waals surface area contributed by atoms with Crippen LogP contribution in [0.5, 0.6) is 0 Å². The Balaban J connectivity index is 1.12. The summed E-state index contributed by atoms with van der Waals surface area (Å²) in [5, 5.41) is 3.40. The number of rotatable bonds is 7. The third-order valence-electron chi connectivity index (χ3n) is 13.6. The van der Waals surface area contributed by atoms with E-state index < -0.39 is 0 Å². The normalized spacial score (nSPS) is 20.0. The summed E-state index contributed by atoms with van der Waals surface area (Å²) < 4.78 is 9.57. The van der Waals surface area contributed by atoms with E-state index in [0.717, 1.165) is 70.2 Å². The monoisotopic (exact) mass is 798 g/mol. The first kappa shape index (κ1) is 36.5. The molecular formula is C59H46N2O. The fraction of sp³-hybridized carbons (Fsp3) is 0.119.